The maximum absolute atomic E-state index is 8.68. The number of aromatic nitrogens is 2. The molecule has 0 atom stereocenters. The third-order valence-electron chi connectivity index (χ3n) is 2.95. The van der Waals surface area contributed by atoms with Gasteiger partial charge in [0.1, 0.15) is 11.7 Å². The summed E-state index contributed by atoms with van der Waals surface area (Å²) in [4.78, 5) is 6.61. The lowest BCUT2D eigenvalue weighted by molar-refractivity contribution is 0.317. The van der Waals surface area contributed by atoms with Gasteiger partial charge in [-0.2, -0.15) is 4.37 Å². The third-order valence-corrected chi connectivity index (χ3v) is 3.73. The molecule has 0 aliphatic carbocycles. The number of oxime groups is 1. The summed E-state index contributed by atoms with van der Waals surface area (Å²) in [7, 11) is 0. The molecule has 1 heterocycles. The minimum atomic E-state index is 0.203. The normalized spacial score (nSPS) is 11.6. The maximum atomic E-state index is 8.68. The topological polar surface area (TPSA) is 87.6 Å². The van der Waals surface area contributed by atoms with Gasteiger partial charge in [-0.1, -0.05) is 30.3 Å². The van der Waals surface area contributed by atoms with Crippen LogP contribution in [0.3, 0.4) is 0 Å². The number of nitrogens with two attached hydrogens (primary N) is 1. The first-order valence-corrected chi connectivity index (χ1v) is 7.63. The summed E-state index contributed by atoms with van der Waals surface area (Å²) in [5.41, 5.74) is 6.59. The van der Waals surface area contributed by atoms with Crippen LogP contribution < -0.4 is 10.6 Å². The summed E-state index contributed by atoms with van der Waals surface area (Å²) in [6, 6.07) is 9.92. The fourth-order valence-corrected chi connectivity index (χ4v) is 2.66. The minimum absolute atomic E-state index is 0.203. The Morgan fingerprint density at radius 2 is 2.14 bits per heavy atom. The highest BCUT2D eigenvalue weighted by Crippen LogP contribution is 2.27. The molecule has 3 N–H and O–H groups in total. The smallest absolute Gasteiger partial charge is 0.209 e. The lowest BCUT2D eigenvalue weighted by Gasteiger charge is -2.21. The van der Waals surface area contributed by atoms with Crippen molar-refractivity contribution in [2.24, 2.45) is 10.9 Å². The van der Waals surface area contributed by atoms with E-state index >= 15 is 0 Å². The number of rotatable bonds is 7. The number of hydrogen-bond donors (Lipinski definition) is 2. The Labute approximate surface area is 128 Å². The van der Waals surface area contributed by atoms with E-state index in [4.69, 9.17) is 10.9 Å². The highest BCUT2D eigenvalue weighted by Gasteiger charge is 2.14. The zero-order chi connectivity index (χ0) is 15.1. The van der Waals surface area contributed by atoms with Gasteiger partial charge in [0, 0.05) is 36.6 Å². The summed E-state index contributed by atoms with van der Waals surface area (Å²) in [5, 5.41) is 12.5. The van der Waals surface area contributed by atoms with Crippen LogP contribution in [-0.2, 0) is 6.42 Å². The first-order chi connectivity index (χ1) is 10.2. The second-order valence-electron chi connectivity index (χ2n) is 4.57. The number of para-hydroxylation sites is 1. The van der Waals surface area contributed by atoms with Gasteiger partial charge < -0.3 is 15.8 Å². The number of hydrogen-bond acceptors (Lipinski definition) is 6. The molecule has 0 spiro atoms. The molecule has 1 aromatic heterocycles. The summed E-state index contributed by atoms with van der Waals surface area (Å²) in [5.74, 6) is 1.07. The first kappa shape index (κ1) is 15.2. The van der Waals surface area contributed by atoms with Gasteiger partial charge in [-0.05, 0) is 18.6 Å². The number of amidine groups is 1. The molecular weight excluding hydrogens is 286 g/mol. The predicted octanol–water partition coefficient (Wildman–Crippen LogP) is 2.77. The molecule has 0 saturated carbocycles. The molecule has 7 heteroatoms. The molecule has 112 valence electrons. The molecule has 0 unspecified atom stereocenters. The van der Waals surface area contributed by atoms with Crippen molar-refractivity contribution in [3.63, 3.8) is 0 Å². The van der Waals surface area contributed by atoms with Crippen LogP contribution in [-0.4, -0.2) is 26.9 Å². The quantitative estimate of drug-likeness (QED) is 0.355. The lowest BCUT2D eigenvalue weighted by Crippen LogP contribution is -2.24. The van der Waals surface area contributed by atoms with Gasteiger partial charge in [-0.15, -0.1) is 0 Å². The van der Waals surface area contributed by atoms with Crippen LogP contribution in [0, 0.1) is 0 Å². The van der Waals surface area contributed by atoms with Crippen molar-refractivity contribution in [1.82, 2.24) is 9.36 Å². The van der Waals surface area contributed by atoms with Gasteiger partial charge in [0.25, 0.3) is 0 Å². The average molecular weight is 305 g/mol. The van der Waals surface area contributed by atoms with Crippen LogP contribution in [0.2, 0.25) is 0 Å². The Morgan fingerprint density at radius 1 is 1.38 bits per heavy atom. The Balaban J connectivity index is 2.22. The van der Waals surface area contributed by atoms with Crippen LogP contribution in [0.15, 0.2) is 35.5 Å². The van der Waals surface area contributed by atoms with Gasteiger partial charge in [0.15, 0.2) is 0 Å². The first-order valence-electron chi connectivity index (χ1n) is 6.86. The molecule has 0 bridgehead atoms. The van der Waals surface area contributed by atoms with Gasteiger partial charge in [-0.3, -0.25) is 0 Å². The van der Waals surface area contributed by atoms with E-state index in [1.165, 1.54) is 11.5 Å². The zero-order valence-electron chi connectivity index (χ0n) is 11.9. The Bertz CT molecular complexity index is 584. The van der Waals surface area contributed by atoms with Gasteiger partial charge >= 0.3 is 0 Å². The summed E-state index contributed by atoms with van der Waals surface area (Å²) >= 11 is 1.37. The number of nitrogens with zero attached hydrogens (tertiary/aromatic N) is 4. The van der Waals surface area contributed by atoms with E-state index in [1.54, 1.807) is 0 Å². The summed E-state index contributed by atoms with van der Waals surface area (Å²) < 4.78 is 4.38. The fraction of sp³-hybridized carbons (Fsp3) is 0.357. The highest BCUT2D eigenvalue weighted by molar-refractivity contribution is 7.09. The molecular formula is C14H19N5OS. The molecule has 0 saturated heterocycles. The summed E-state index contributed by atoms with van der Waals surface area (Å²) in [6.07, 6.45) is 2.35. The molecule has 0 aliphatic rings. The highest BCUT2D eigenvalue weighted by atomic mass is 32.1. The monoisotopic (exact) mass is 305 g/mol. The number of benzene rings is 1. The van der Waals surface area contributed by atoms with Crippen LogP contribution in [0.5, 0.6) is 0 Å². The summed E-state index contributed by atoms with van der Waals surface area (Å²) in [6.45, 7) is 2.69. The maximum Gasteiger partial charge on any atom is 0.209 e. The molecule has 21 heavy (non-hydrogen) atoms. The van der Waals surface area contributed by atoms with E-state index in [0.29, 0.717) is 13.0 Å². The van der Waals surface area contributed by atoms with E-state index in [9.17, 15) is 0 Å². The van der Waals surface area contributed by atoms with Crippen LogP contribution >= 0.6 is 11.5 Å². The van der Waals surface area contributed by atoms with Gasteiger partial charge in [-0.25, -0.2) is 4.98 Å². The van der Waals surface area contributed by atoms with Gasteiger partial charge in [0.2, 0.25) is 5.13 Å². The molecule has 2 rings (SSSR count). The van der Waals surface area contributed by atoms with Crippen LogP contribution in [0.1, 0.15) is 25.6 Å². The van der Waals surface area contributed by atoms with E-state index < -0.39 is 0 Å². The SMILES string of the molecule is CCCc1nsc(N(CCC(N)=NO)c2ccccc2)n1. The van der Waals surface area contributed by atoms with E-state index in [1.807, 2.05) is 35.2 Å². The van der Waals surface area contributed by atoms with E-state index in [0.717, 1.165) is 29.5 Å². The minimum Gasteiger partial charge on any atom is -0.409 e. The van der Waals surface area contributed by atoms with Crippen LogP contribution in [0.4, 0.5) is 10.8 Å². The largest absolute Gasteiger partial charge is 0.409 e. The molecule has 6 nitrogen and oxygen atoms in total. The Hall–Kier alpha value is -2.15. The second kappa shape index (κ2) is 7.58. The molecule has 0 radical (unpaired) electrons. The van der Waals surface area contributed by atoms with Crippen molar-refractivity contribution in [3.05, 3.63) is 36.2 Å². The zero-order valence-corrected chi connectivity index (χ0v) is 12.8. The van der Waals surface area contributed by atoms with Crippen molar-refractivity contribution >= 4 is 28.2 Å². The van der Waals surface area contributed by atoms with Crippen molar-refractivity contribution in [3.8, 4) is 0 Å². The molecule has 0 aliphatic heterocycles. The van der Waals surface area contributed by atoms with Crippen LogP contribution in [0.25, 0.3) is 0 Å². The molecule has 0 amide bonds. The van der Waals surface area contributed by atoms with Crippen molar-refractivity contribution in [2.75, 3.05) is 11.4 Å². The molecule has 2 aromatic rings. The van der Waals surface area contributed by atoms with Crippen molar-refractivity contribution < 1.29 is 5.21 Å². The Morgan fingerprint density at radius 3 is 2.81 bits per heavy atom. The van der Waals surface area contributed by atoms with Gasteiger partial charge in [0.05, 0.1) is 0 Å². The lowest BCUT2D eigenvalue weighted by atomic mass is 10.2. The molecule has 1 aromatic carbocycles. The fourth-order valence-electron chi connectivity index (χ4n) is 1.90. The number of anilines is 2. The van der Waals surface area contributed by atoms with E-state index in [2.05, 4.69) is 21.4 Å². The average Bonchev–Trinajstić information content (AvgIpc) is 2.97. The van der Waals surface area contributed by atoms with Crippen molar-refractivity contribution in [2.45, 2.75) is 26.2 Å². The van der Waals surface area contributed by atoms with E-state index in [-0.39, 0.29) is 5.84 Å². The third kappa shape index (κ3) is 4.16. The molecule has 0 fully saturated rings. The number of aryl methyl sites for hydroxylation is 1. The standard InChI is InChI=1S/C14H19N5OS/c1-2-6-13-16-14(21-18-13)19(10-9-12(15)17-20)11-7-4-3-5-8-11/h3-5,7-8,20H,2,6,9-10H2,1H3,(H2,15,17). The second-order valence-corrected chi connectivity index (χ2v) is 5.30. The van der Waals surface area contributed by atoms with Crippen molar-refractivity contribution in [1.29, 1.82) is 0 Å². The Kier molecular flexibility index (Phi) is 5.51. The predicted molar refractivity (Wildman–Crippen MR) is 85.4 cm³/mol.